The van der Waals surface area contributed by atoms with E-state index in [1.165, 1.54) is 11.9 Å². The van der Waals surface area contributed by atoms with Crippen LogP contribution in [0.5, 0.6) is 0 Å². The second kappa shape index (κ2) is 10.6. The third-order valence-corrected chi connectivity index (χ3v) is 6.44. The molecule has 0 aliphatic rings. The Labute approximate surface area is 189 Å². The lowest BCUT2D eigenvalue weighted by Crippen LogP contribution is -2.51. The van der Waals surface area contributed by atoms with Gasteiger partial charge in [0.05, 0.1) is 11.9 Å². The topological polar surface area (TPSA) is 86.8 Å². The molecule has 0 aromatic heterocycles. The Bertz CT molecular complexity index is 1030. The Morgan fingerprint density at radius 1 is 1.10 bits per heavy atom. The van der Waals surface area contributed by atoms with E-state index in [0.717, 1.165) is 16.1 Å². The number of sulfonamides is 1. The lowest BCUT2D eigenvalue weighted by Gasteiger charge is -2.32. The van der Waals surface area contributed by atoms with Crippen LogP contribution in [0.2, 0.25) is 5.02 Å². The third-order valence-electron chi connectivity index (χ3n) is 4.93. The second-order valence-corrected chi connectivity index (χ2v) is 9.57. The monoisotopic (exact) mass is 465 g/mol. The molecule has 0 spiro atoms. The van der Waals surface area contributed by atoms with Crippen LogP contribution >= 0.6 is 11.6 Å². The number of benzene rings is 2. The second-order valence-electron chi connectivity index (χ2n) is 7.26. The lowest BCUT2D eigenvalue weighted by atomic mass is 10.1. The normalized spacial score (nSPS) is 12.2. The first-order valence-electron chi connectivity index (χ1n) is 9.87. The van der Waals surface area contributed by atoms with E-state index in [-0.39, 0.29) is 12.5 Å². The molecule has 1 N–H and O–H groups in total. The summed E-state index contributed by atoms with van der Waals surface area (Å²) in [7, 11) is -2.24. The van der Waals surface area contributed by atoms with Gasteiger partial charge in [0.15, 0.2) is 0 Å². The van der Waals surface area contributed by atoms with Crippen molar-refractivity contribution in [1.82, 2.24) is 10.2 Å². The van der Waals surface area contributed by atoms with Gasteiger partial charge in [0.25, 0.3) is 0 Å². The maximum atomic E-state index is 13.4. The minimum absolute atomic E-state index is 0.0793. The van der Waals surface area contributed by atoms with E-state index in [4.69, 9.17) is 11.6 Å². The van der Waals surface area contributed by atoms with E-state index in [2.05, 4.69) is 5.32 Å². The van der Waals surface area contributed by atoms with Crippen LogP contribution < -0.4 is 9.62 Å². The Hall–Kier alpha value is -2.58. The van der Waals surface area contributed by atoms with Crippen LogP contribution in [0.3, 0.4) is 0 Å². The summed E-state index contributed by atoms with van der Waals surface area (Å²) in [5.41, 5.74) is 2.02. The zero-order valence-electron chi connectivity index (χ0n) is 18.1. The molecule has 7 nitrogen and oxygen atoms in total. The van der Waals surface area contributed by atoms with Crippen molar-refractivity contribution in [3.05, 3.63) is 64.7 Å². The zero-order chi connectivity index (χ0) is 23.2. The lowest BCUT2D eigenvalue weighted by molar-refractivity contribution is -0.140. The average molecular weight is 466 g/mol. The predicted octanol–water partition coefficient (Wildman–Crippen LogP) is 2.97. The molecular formula is C22H28ClN3O4S. The highest BCUT2D eigenvalue weighted by Crippen LogP contribution is 2.22. The van der Waals surface area contributed by atoms with Gasteiger partial charge in [-0.1, -0.05) is 54.4 Å². The maximum absolute atomic E-state index is 13.4. The smallest absolute Gasteiger partial charge is 0.244 e. The fourth-order valence-corrected chi connectivity index (χ4v) is 4.27. The molecule has 0 aliphatic carbocycles. The molecule has 1 atom stereocenters. The fraction of sp³-hybridized carbons (Fsp3) is 0.364. The summed E-state index contributed by atoms with van der Waals surface area (Å²) in [4.78, 5) is 27.2. The molecule has 168 valence electrons. The first kappa shape index (κ1) is 24.7. The van der Waals surface area contributed by atoms with E-state index in [1.807, 2.05) is 6.92 Å². The van der Waals surface area contributed by atoms with Gasteiger partial charge < -0.3 is 10.2 Å². The first-order valence-corrected chi connectivity index (χ1v) is 12.1. The van der Waals surface area contributed by atoms with Crippen LogP contribution in [0.25, 0.3) is 0 Å². The van der Waals surface area contributed by atoms with E-state index in [0.29, 0.717) is 22.7 Å². The van der Waals surface area contributed by atoms with Gasteiger partial charge in [-0.2, -0.15) is 0 Å². The number of anilines is 1. The van der Waals surface area contributed by atoms with Gasteiger partial charge in [0.1, 0.15) is 12.6 Å². The van der Waals surface area contributed by atoms with Crippen LogP contribution in [-0.4, -0.2) is 51.0 Å². The Morgan fingerprint density at radius 2 is 1.71 bits per heavy atom. The molecule has 0 fully saturated rings. The molecule has 2 rings (SSSR count). The number of carbonyl (C=O) groups excluding carboxylic acids is 2. The van der Waals surface area contributed by atoms with Crippen molar-refractivity contribution in [3.63, 3.8) is 0 Å². The molecule has 0 heterocycles. The van der Waals surface area contributed by atoms with Crippen LogP contribution in [0, 0.1) is 6.92 Å². The fourth-order valence-electron chi connectivity index (χ4n) is 3.22. The molecule has 31 heavy (non-hydrogen) atoms. The standard InChI is InChI=1S/C22H28ClN3O4S/c1-5-20(22(28)24-3)25(14-17-8-6-7-9-19(17)23)21(27)15-26(31(4,29)30)18-12-10-16(2)11-13-18/h6-13,20H,5,14-15H2,1-4H3,(H,24,28). The SMILES string of the molecule is CCC(C(=O)NC)N(Cc1ccccc1Cl)C(=O)CN(c1ccc(C)cc1)S(C)(=O)=O. The van der Waals surface area contributed by atoms with Crippen molar-refractivity contribution < 1.29 is 18.0 Å². The van der Waals surface area contributed by atoms with Crippen molar-refractivity contribution in [2.75, 3.05) is 24.2 Å². The summed E-state index contributed by atoms with van der Waals surface area (Å²) in [5, 5.41) is 3.04. The number of hydrogen-bond donors (Lipinski definition) is 1. The van der Waals surface area contributed by atoms with E-state index in [9.17, 15) is 18.0 Å². The van der Waals surface area contributed by atoms with Gasteiger partial charge in [-0.15, -0.1) is 0 Å². The summed E-state index contributed by atoms with van der Waals surface area (Å²) < 4.78 is 26.0. The Morgan fingerprint density at radius 3 is 2.23 bits per heavy atom. The molecule has 0 saturated carbocycles. The zero-order valence-corrected chi connectivity index (χ0v) is 19.7. The summed E-state index contributed by atoms with van der Waals surface area (Å²) in [6.45, 7) is 3.33. The van der Waals surface area contributed by atoms with Gasteiger partial charge in [-0.25, -0.2) is 8.42 Å². The number of hydrogen-bond acceptors (Lipinski definition) is 4. The van der Waals surface area contributed by atoms with Crippen LogP contribution in [-0.2, 0) is 26.2 Å². The molecule has 0 bridgehead atoms. The van der Waals surface area contributed by atoms with E-state index in [1.54, 1.807) is 55.5 Å². The van der Waals surface area contributed by atoms with Crippen molar-refractivity contribution in [3.8, 4) is 0 Å². The molecule has 9 heteroatoms. The number of nitrogens with zero attached hydrogens (tertiary/aromatic N) is 2. The van der Waals surface area contributed by atoms with Gasteiger partial charge in [-0.3, -0.25) is 13.9 Å². The number of aryl methyl sites for hydroxylation is 1. The largest absolute Gasteiger partial charge is 0.357 e. The minimum atomic E-state index is -3.74. The van der Waals surface area contributed by atoms with Gasteiger partial charge >= 0.3 is 0 Å². The molecule has 2 amide bonds. The highest BCUT2D eigenvalue weighted by molar-refractivity contribution is 7.92. The highest BCUT2D eigenvalue weighted by atomic mass is 35.5. The number of amides is 2. The quantitative estimate of drug-likeness (QED) is 0.616. The highest BCUT2D eigenvalue weighted by Gasteiger charge is 2.31. The summed E-state index contributed by atoms with van der Waals surface area (Å²) in [6, 6.07) is 13.1. The van der Waals surface area contributed by atoms with E-state index < -0.39 is 28.5 Å². The summed E-state index contributed by atoms with van der Waals surface area (Å²) >= 11 is 6.28. The molecule has 0 saturated heterocycles. The molecule has 1 unspecified atom stereocenters. The van der Waals surface area contributed by atoms with Crippen molar-refractivity contribution in [2.45, 2.75) is 32.9 Å². The van der Waals surface area contributed by atoms with Crippen LogP contribution in [0.4, 0.5) is 5.69 Å². The first-order chi connectivity index (χ1) is 14.6. The van der Waals surface area contributed by atoms with Crippen LogP contribution in [0.1, 0.15) is 24.5 Å². The number of carbonyl (C=O) groups is 2. The minimum Gasteiger partial charge on any atom is -0.357 e. The van der Waals surface area contributed by atoms with Crippen molar-refractivity contribution >= 4 is 39.1 Å². The number of rotatable bonds is 9. The van der Waals surface area contributed by atoms with Gasteiger partial charge in [-0.05, 0) is 37.1 Å². The third kappa shape index (κ3) is 6.45. The predicted molar refractivity (Wildman–Crippen MR) is 124 cm³/mol. The molecule has 0 aliphatic heterocycles. The van der Waals surface area contributed by atoms with Crippen molar-refractivity contribution in [1.29, 1.82) is 0 Å². The Balaban J connectivity index is 2.43. The molecule has 0 radical (unpaired) electrons. The molecule has 2 aromatic rings. The summed E-state index contributed by atoms with van der Waals surface area (Å²) in [5.74, 6) is -0.828. The van der Waals surface area contributed by atoms with Crippen molar-refractivity contribution in [2.24, 2.45) is 0 Å². The summed E-state index contributed by atoms with van der Waals surface area (Å²) in [6.07, 6.45) is 1.41. The van der Waals surface area contributed by atoms with Gasteiger partial charge in [0, 0.05) is 18.6 Å². The number of nitrogens with one attached hydrogen (secondary N) is 1. The molecular weight excluding hydrogens is 438 g/mol. The average Bonchev–Trinajstić information content (AvgIpc) is 2.72. The van der Waals surface area contributed by atoms with Gasteiger partial charge in [0.2, 0.25) is 21.8 Å². The molecule has 2 aromatic carbocycles. The number of halogens is 1. The van der Waals surface area contributed by atoms with Crippen LogP contribution in [0.15, 0.2) is 48.5 Å². The number of likely N-dealkylation sites (N-methyl/N-ethyl adjacent to an activating group) is 1. The van der Waals surface area contributed by atoms with E-state index >= 15 is 0 Å². The maximum Gasteiger partial charge on any atom is 0.244 e. The Kier molecular flexibility index (Phi) is 8.47.